The third-order valence-corrected chi connectivity index (χ3v) is 3.64. The summed E-state index contributed by atoms with van der Waals surface area (Å²) >= 11 is 5.65. The number of hydrogen-bond donors (Lipinski definition) is 0. The van der Waals surface area contributed by atoms with Gasteiger partial charge < -0.3 is 4.74 Å². The summed E-state index contributed by atoms with van der Waals surface area (Å²) in [6.45, 7) is 0. The van der Waals surface area contributed by atoms with E-state index in [1.165, 1.54) is 0 Å². The first-order chi connectivity index (χ1) is 9.22. The molecular formula is C14H8BrIN2O. The molecule has 2 heterocycles. The molecule has 3 aromatic rings. The normalized spacial score (nSPS) is 10.6. The SMILES string of the molecule is Brc1cnc2c(Oc3cccc(I)c3)ccnc2c1. The fourth-order valence-corrected chi connectivity index (χ4v) is 2.55. The molecule has 0 bridgehead atoms. The Bertz CT molecular complexity index is 748. The largest absolute Gasteiger partial charge is 0.455 e. The average molecular weight is 427 g/mol. The standard InChI is InChI=1S/C14H8BrIN2O/c15-9-6-12-14(18-8-9)13(4-5-17-12)19-11-3-1-2-10(16)7-11/h1-8H. The molecule has 0 unspecified atom stereocenters. The quantitative estimate of drug-likeness (QED) is 0.552. The van der Waals surface area contributed by atoms with Crippen LogP contribution in [0, 0.1) is 3.57 Å². The Balaban J connectivity index is 2.06. The molecule has 0 spiro atoms. The summed E-state index contributed by atoms with van der Waals surface area (Å²) in [6.07, 6.45) is 3.46. The second-order valence-corrected chi connectivity index (χ2v) is 6.05. The van der Waals surface area contributed by atoms with E-state index in [0.717, 1.165) is 24.8 Å². The Morgan fingerprint density at radius 1 is 1.11 bits per heavy atom. The van der Waals surface area contributed by atoms with Gasteiger partial charge in [0.25, 0.3) is 0 Å². The Labute approximate surface area is 132 Å². The highest BCUT2D eigenvalue weighted by atomic mass is 127. The van der Waals surface area contributed by atoms with Crippen LogP contribution in [0.25, 0.3) is 11.0 Å². The number of aromatic nitrogens is 2. The lowest BCUT2D eigenvalue weighted by atomic mass is 10.3. The van der Waals surface area contributed by atoms with Crippen molar-refractivity contribution in [3.05, 3.63) is 56.8 Å². The lowest BCUT2D eigenvalue weighted by molar-refractivity contribution is 0.486. The van der Waals surface area contributed by atoms with Crippen molar-refractivity contribution >= 4 is 49.6 Å². The maximum absolute atomic E-state index is 5.89. The van der Waals surface area contributed by atoms with E-state index in [2.05, 4.69) is 48.5 Å². The van der Waals surface area contributed by atoms with Crippen LogP contribution in [0.5, 0.6) is 11.5 Å². The van der Waals surface area contributed by atoms with Gasteiger partial charge in [-0.1, -0.05) is 6.07 Å². The van der Waals surface area contributed by atoms with E-state index < -0.39 is 0 Å². The maximum atomic E-state index is 5.89. The molecule has 3 rings (SSSR count). The van der Waals surface area contributed by atoms with Gasteiger partial charge in [-0.05, 0) is 62.8 Å². The molecule has 0 aliphatic carbocycles. The summed E-state index contributed by atoms with van der Waals surface area (Å²) in [6, 6.07) is 11.6. The average Bonchev–Trinajstić information content (AvgIpc) is 2.38. The highest BCUT2D eigenvalue weighted by Crippen LogP contribution is 2.29. The molecule has 0 fully saturated rings. The van der Waals surface area contributed by atoms with Crippen LogP contribution in [0.1, 0.15) is 0 Å². The predicted octanol–water partition coefficient (Wildman–Crippen LogP) is 4.79. The smallest absolute Gasteiger partial charge is 0.156 e. The number of benzene rings is 1. The van der Waals surface area contributed by atoms with Crippen molar-refractivity contribution in [1.29, 1.82) is 0 Å². The van der Waals surface area contributed by atoms with Crippen molar-refractivity contribution in [3.8, 4) is 11.5 Å². The molecule has 0 radical (unpaired) electrons. The van der Waals surface area contributed by atoms with Crippen molar-refractivity contribution in [2.24, 2.45) is 0 Å². The molecule has 1 aromatic carbocycles. The first kappa shape index (κ1) is 12.8. The molecule has 0 aliphatic heterocycles. The van der Waals surface area contributed by atoms with E-state index in [9.17, 15) is 0 Å². The summed E-state index contributed by atoms with van der Waals surface area (Å²) in [7, 11) is 0. The van der Waals surface area contributed by atoms with Gasteiger partial charge in [-0.25, -0.2) is 4.98 Å². The molecule has 0 saturated heterocycles. The first-order valence-corrected chi connectivity index (χ1v) is 7.43. The number of rotatable bonds is 2. The van der Waals surface area contributed by atoms with E-state index in [0.29, 0.717) is 5.75 Å². The van der Waals surface area contributed by atoms with Crippen LogP contribution < -0.4 is 4.74 Å². The van der Waals surface area contributed by atoms with Crippen LogP contribution in [0.15, 0.2) is 53.3 Å². The number of fused-ring (bicyclic) bond motifs is 1. The molecular weight excluding hydrogens is 419 g/mol. The van der Waals surface area contributed by atoms with E-state index in [1.54, 1.807) is 12.4 Å². The van der Waals surface area contributed by atoms with Gasteiger partial charge in [-0.15, -0.1) is 0 Å². The number of hydrogen-bond acceptors (Lipinski definition) is 3. The van der Waals surface area contributed by atoms with Gasteiger partial charge in [0, 0.05) is 26.5 Å². The van der Waals surface area contributed by atoms with Crippen LogP contribution >= 0.6 is 38.5 Å². The zero-order valence-electron chi connectivity index (χ0n) is 9.68. The molecule has 0 N–H and O–H groups in total. The third-order valence-electron chi connectivity index (χ3n) is 2.53. The topological polar surface area (TPSA) is 35.0 Å². The third kappa shape index (κ3) is 2.87. The van der Waals surface area contributed by atoms with Crippen LogP contribution in [-0.4, -0.2) is 9.97 Å². The van der Waals surface area contributed by atoms with Crippen LogP contribution in [0.4, 0.5) is 0 Å². The van der Waals surface area contributed by atoms with Gasteiger partial charge in [-0.3, -0.25) is 4.98 Å². The van der Waals surface area contributed by atoms with E-state index in [-0.39, 0.29) is 0 Å². The number of nitrogens with zero attached hydrogens (tertiary/aromatic N) is 2. The van der Waals surface area contributed by atoms with Gasteiger partial charge >= 0.3 is 0 Å². The van der Waals surface area contributed by atoms with Crippen LogP contribution in [0.3, 0.4) is 0 Å². The van der Waals surface area contributed by atoms with Crippen molar-refractivity contribution < 1.29 is 4.74 Å². The number of ether oxygens (including phenoxy) is 1. The molecule has 0 aliphatic rings. The monoisotopic (exact) mass is 426 g/mol. The predicted molar refractivity (Wildman–Crippen MR) is 86.5 cm³/mol. The summed E-state index contributed by atoms with van der Waals surface area (Å²) in [5, 5.41) is 0. The van der Waals surface area contributed by atoms with E-state index >= 15 is 0 Å². The highest BCUT2D eigenvalue weighted by molar-refractivity contribution is 14.1. The Kier molecular flexibility index (Phi) is 3.65. The Morgan fingerprint density at radius 2 is 2.00 bits per heavy atom. The van der Waals surface area contributed by atoms with Crippen LogP contribution in [-0.2, 0) is 0 Å². The zero-order valence-corrected chi connectivity index (χ0v) is 13.4. The lowest BCUT2D eigenvalue weighted by Gasteiger charge is -2.08. The van der Waals surface area contributed by atoms with Crippen molar-refractivity contribution in [1.82, 2.24) is 9.97 Å². The summed E-state index contributed by atoms with van der Waals surface area (Å²) in [5.41, 5.74) is 1.56. The minimum atomic E-state index is 0.708. The summed E-state index contributed by atoms with van der Waals surface area (Å²) in [5.74, 6) is 1.50. The Hall–Kier alpha value is -1.21. The van der Waals surface area contributed by atoms with Crippen LogP contribution in [0.2, 0.25) is 0 Å². The van der Waals surface area contributed by atoms with E-state index in [4.69, 9.17) is 4.74 Å². The first-order valence-electron chi connectivity index (χ1n) is 5.56. The zero-order chi connectivity index (χ0) is 13.2. The van der Waals surface area contributed by atoms with Gasteiger partial charge in [0.2, 0.25) is 0 Å². The number of halogens is 2. The van der Waals surface area contributed by atoms with E-state index in [1.807, 2.05) is 36.4 Å². The maximum Gasteiger partial charge on any atom is 0.156 e. The van der Waals surface area contributed by atoms with Gasteiger partial charge in [0.1, 0.15) is 11.3 Å². The molecule has 19 heavy (non-hydrogen) atoms. The Morgan fingerprint density at radius 3 is 2.84 bits per heavy atom. The van der Waals surface area contributed by atoms with Crippen molar-refractivity contribution in [2.45, 2.75) is 0 Å². The van der Waals surface area contributed by atoms with Gasteiger partial charge in [0.15, 0.2) is 5.75 Å². The summed E-state index contributed by atoms with van der Waals surface area (Å²) < 4.78 is 7.92. The fraction of sp³-hybridized carbons (Fsp3) is 0. The molecule has 94 valence electrons. The number of pyridine rings is 2. The lowest BCUT2D eigenvalue weighted by Crippen LogP contribution is -1.90. The molecule has 0 amide bonds. The van der Waals surface area contributed by atoms with Gasteiger partial charge in [0.05, 0.1) is 5.52 Å². The second-order valence-electron chi connectivity index (χ2n) is 3.89. The van der Waals surface area contributed by atoms with Crippen molar-refractivity contribution in [2.75, 3.05) is 0 Å². The molecule has 5 heteroatoms. The second kappa shape index (κ2) is 5.42. The summed E-state index contributed by atoms with van der Waals surface area (Å²) in [4.78, 5) is 8.65. The highest BCUT2D eigenvalue weighted by Gasteiger charge is 2.06. The van der Waals surface area contributed by atoms with Crippen molar-refractivity contribution in [3.63, 3.8) is 0 Å². The molecule has 0 saturated carbocycles. The minimum absolute atomic E-state index is 0.708. The molecule has 2 aromatic heterocycles. The van der Waals surface area contributed by atoms with Gasteiger partial charge in [-0.2, -0.15) is 0 Å². The molecule has 0 atom stereocenters. The fourth-order valence-electron chi connectivity index (χ4n) is 1.72. The molecule has 3 nitrogen and oxygen atoms in total. The minimum Gasteiger partial charge on any atom is -0.455 e.